The van der Waals surface area contributed by atoms with Gasteiger partial charge in [0, 0.05) is 36.1 Å². The van der Waals surface area contributed by atoms with Crippen molar-refractivity contribution < 1.29 is 28.7 Å². The van der Waals surface area contributed by atoms with E-state index in [4.69, 9.17) is 9.47 Å². The molecule has 10 nitrogen and oxygen atoms in total. The number of nitrogens with zero attached hydrogens (tertiary/aromatic N) is 2. The number of amides is 2. The largest absolute Gasteiger partial charge is 0.467 e. The smallest absolute Gasteiger partial charge is 0.328 e. The van der Waals surface area contributed by atoms with E-state index in [0.717, 1.165) is 65.0 Å². The highest BCUT2D eigenvalue weighted by molar-refractivity contribution is 6.00. The van der Waals surface area contributed by atoms with Crippen LogP contribution in [0.3, 0.4) is 0 Å². The third-order valence-corrected chi connectivity index (χ3v) is 9.16. The summed E-state index contributed by atoms with van der Waals surface area (Å²) in [5.41, 5.74) is 0.692. The molecule has 206 valence electrons. The maximum absolute atomic E-state index is 13.1. The lowest BCUT2D eigenvalue weighted by atomic mass is 9.75. The van der Waals surface area contributed by atoms with Gasteiger partial charge in [-0.25, -0.2) is 9.59 Å². The molecule has 6 aliphatic heterocycles. The number of piperidine rings is 6. The van der Waals surface area contributed by atoms with Crippen LogP contribution in [0.5, 0.6) is 0 Å². The molecule has 0 radical (unpaired) electrons. The van der Waals surface area contributed by atoms with Crippen LogP contribution in [0.4, 0.5) is 0 Å². The molecule has 1 aromatic rings. The van der Waals surface area contributed by atoms with E-state index in [-0.39, 0.29) is 23.7 Å². The fourth-order valence-corrected chi connectivity index (χ4v) is 6.93. The van der Waals surface area contributed by atoms with Crippen LogP contribution in [0.2, 0.25) is 0 Å². The zero-order valence-electron chi connectivity index (χ0n) is 22.2. The first-order valence-electron chi connectivity index (χ1n) is 13.7. The molecule has 0 spiro atoms. The molecule has 6 fully saturated rings. The SMILES string of the molecule is COC(=O)C(NC(=O)c1ccc(C(=O)NC(C(=O)OC)[C@H]2CN3CCC2CC3)cc1)C1CN2CCC1CC2. The number of esters is 2. The van der Waals surface area contributed by atoms with Crippen LogP contribution in [0, 0.1) is 23.7 Å². The number of hydrogen-bond acceptors (Lipinski definition) is 8. The number of hydrogen-bond donors (Lipinski definition) is 2. The minimum atomic E-state index is -0.717. The van der Waals surface area contributed by atoms with Gasteiger partial charge >= 0.3 is 11.9 Å². The lowest BCUT2D eigenvalue weighted by Crippen LogP contribution is -2.58. The Labute approximate surface area is 223 Å². The summed E-state index contributed by atoms with van der Waals surface area (Å²) in [5.74, 6) is -0.846. The third kappa shape index (κ3) is 5.42. The number of rotatable bonds is 8. The van der Waals surface area contributed by atoms with Crippen molar-refractivity contribution in [1.29, 1.82) is 0 Å². The average molecular weight is 527 g/mol. The Bertz CT molecular complexity index is 963. The molecule has 4 bridgehead atoms. The molecule has 6 aliphatic rings. The number of fused-ring (bicyclic) bond motifs is 6. The number of carbonyl (C=O) groups excluding carboxylic acids is 4. The van der Waals surface area contributed by atoms with Gasteiger partial charge in [0.15, 0.2) is 0 Å². The van der Waals surface area contributed by atoms with E-state index in [9.17, 15) is 19.2 Å². The summed E-state index contributed by atoms with van der Waals surface area (Å²) in [5, 5.41) is 5.79. The third-order valence-electron chi connectivity index (χ3n) is 9.16. The molecule has 3 unspecified atom stereocenters. The molecular weight excluding hydrogens is 488 g/mol. The minimum Gasteiger partial charge on any atom is -0.467 e. The quantitative estimate of drug-likeness (QED) is 0.480. The summed E-state index contributed by atoms with van der Waals surface area (Å²) in [6, 6.07) is 4.83. The Hall–Kier alpha value is -2.98. The van der Waals surface area contributed by atoms with Crippen molar-refractivity contribution in [1.82, 2.24) is 20.4 Å². The Morgan fingerprint density at radius 2 is 1.03 bits per heavy atom. The van der Waals surface area contributed by atoms with Crippen LogP contribution < -0.4 is 10.6 Å². The average Bonchev–Trinajstić information content (AvgIpc) is 2.98. The van der Waals surface area contributed by atoms with E-state index in [1.54, 1.807) is 24.3 Å². The Balaban J connectivity index is 1.24. The molecule has 6 saturated heterocycles. The van der Waals surface area contributed by atoms with Crippen molar-refractivity contribution in [3.8, 4) is 0 Å². The van der Waals surface area contributed by atoms with Crippen molar-refractivity contribution in [3.63, 3.8) is 0 Å². The molecule has 7 rings (SSSR count). The highest BCUT2D eigenvalue weighted by Gasteiger charge is 2.44. The van der Waals surface area contributed by atoms with Crippen LogP contribution in [0.25, 0.3) is 0 Å². The number of carbonyl (C=O) groups is 4. The van der Waals surface area contributed by atoms with Crippen LogP contribution in [-0.4, -0.2) is 99.1 Å². The zero-order valence-corrected chi connectivity index (χ0v) is 22.2. The molecule has 10 heteroatoms. The van der Waals surface area contributed by atoms with Crippen molar-refractivity contribution in [2.75, 3.05) is 53.5 Å². The normalized spacial score (nSPS) is 31.1. The second-order valence-corrected chi connectivity index (χ2v) is 11.1. The van der Waals surface area contributed by atoms with Gasteiger partial charge < -0.3 is 29.9 Å². The van der Waals surface area contributed by atoms with Gasteiger partial charge in [-0.05, 0) is 88.0 Å². The van der Waals surface area contributed by atoms with E-state index < -0.39 is 24.0 Å². The summed E-state index contributed by atoms with van der Waals surface area (Å²) >= 11 is 0. The fraction of sp³-hybridized carbons (Fsp3) is 0.643. The van der Waals surface area contributed by atoms with Crippen molar-refractivity contribution >= 4 is 23.8 Å². The second kappa shape index (κ2) is 11.4. The van der Waals surface area contributed by atoms with E-state index >= 15 is 0 Å². The van der Waals surface area contributed by atoms with E-state index in [1.807, 2.05) is 0 Å². The highest BCUT2D eigenvalue weighted by atomic mass is 16.5. The van der Waals surface area contributed by atoms with Gasteiger partial charge in [0.2, 0.25) is 0 Å². The van der Waals surface area contributed by atoms with Crippen molar-refractivity contribution in [2.45, 2.75) is 37.8 Å². The van der Waals surface area contributed by atoms with Crippen LogP contribution in [0.15, 0.2) is 24.3 Å². The van der Waals surface area contributed by atoms with Crippen LogP contribution in [0.1, 0.15) is 46.4 Å². The van der Waals surface area contributed by atoms with Gasteiger partial charge in [0.25, 0.3) is 11.8 Å². The Kier molecular flexibility index (Phi) is 7.99. The molecule has 1 aromatic carbocycles. The van der Waals surface area contributed by atoms with Gasteiger partial charge in [-0.2, -0.15) is 0 Å². The first-order valence-corrected chi connectivity index (χ1v) is 13.7. The monoisotopic (exact) mass is 526 g/mol. The summed E-state index contributed by atoms with van der Waals surface area (Å²) in [7, 11) is 2.68. The Morgan fingerprint density at radius 1 is 0.684 bits per heavy atom. The summed E-state index contributed by atoms with van der Waals surface area (Å²) in [4.78, 5) is 56.1. The van der Waals surface area contributed by atoms with E-state index in [0.29, 0.717) is 23.0 Å². The lowest BCUT2D eigenvalue weighted by Gasteiger charge is -2.47. The maximum atomic E-state index is 13.1. The van der Waals surface area contributed by atoms with Crippen molar-refractivity contribution in [2.24, 2.45) is 23.7 Å². The maximum Gasteiger partial charge on any atom is 0.328 e. The van der Waals surface area contributed by atoms with E-state index in [1.165, 1.54) is 14.2 Å². The van der Waals surface area contributed by atoms with Gasteiger partial charge in [-0.15, -0.1) is 0 Å². The highest BCUT2D eigenvalue weighted by Crippen LogP contribution is 2.36. The van der Waals surface area contributed by atoms with Crippen LogP contribution in [-0.2, 0) is 19.1 Å². The fourth-order valence-electron chi connectivity index (χ4n) is 6.93. The molecule has 6 heterocycles. The zero-order chi connectivity index (χ0) is 26.8. The van der Waals surface area contributed by atoms with Gasteiger partial charge in [0.05, 0.1) is 14.2 Å². The number of nitrogens with one attached hydrogen (secondary N) is 2. The van der Waals surface area contributed by atoms with Gasteiger partial charge in [0.1, 0.15) is 12.1 Å². The van der Waals surface area contributed by atoms with Gasteiger partial charge in [-0.1, -0.05) is 0 Å². The lowest BCUT2D eigenvalue weighted by molar-refractivity contribution is -0.147. The van der Waals surface area contributed by atoms with Gasteiger partial charge in [-0.3, -0.25) is 9.59 Å². The molecule has 0 aromatic heterocycles. The van der Waals surface area contributed by atoms with E-state index in [2.05, 4.69) is 20.4 Å². The molecule has 4 atom stereocenters. The first-order chi connectivity index (χ1) is 18.4. The number of ether oxygens (including phenoxy) is 2. The molecule has 2 amide bonds. The molecule has 0 saturated carbocycles. The topological polar surface area (TPSA) is 117 Å². The predicted octanol–water partition coefficient (Wildman–Crippen LogP) is 0.913. The number of benzene rings is 1. The Morgan fingerprint density at radius 3 is 1.29 bits per heavy atom. The van der Waals surface area contributed by atoms with Crippen molar-refractivity contribution in [3.05, 3.63) is 35.4 Å². The summed E-state index contributed by atoms with van der Waals surface area (Å²) in [6.45, 7) is 5.66. The standard InChI is InChI=1S/C28H38N4O6/c1-37-27(35)23(21-15-31-11-7-17(21)8-12-31)29-25(33)19-3-5-20(6-4-19)26(34)30-24(28(36)38-2)22-16-32-13-9-18(22)10-14-32/h3-6,17-18,21-24H,7-16H2,1-2H3,(H,29,33)(H,30,34)/t21-,22?,23?,24?/m0/s1. The second-order valence-electron chi connectivity index (χ2n) is 11.1. The summed E-state index contributed by atoms with van der Waals surface area (Å²) < 4.78 is 10.1. The summed E-state index contributed by atoms with van der Waals surface area (Å²) in [6.07, 6.45) is 4.07. The number of methoxy groups -OCH3 is 2. The molecule has 38 heavy (non-hydrogen) atoms. The molecular formula is C28H38N4O6. The first kappa shape index (κ1) is 26.6. The predicted molar refractivity (Wildman–Crippen MR) is 138 cm³/mol. The molecule has 2 N–H and O–H groups in total. The minimum absolute atomic E-state index is 0.0144. The molecule has 0 aliphatic carbocycles. The van der Waals surface area contributed by atoms with Crippen LogP contribution >= 0.6 is 0 Å².